The molecule has 5 atom stereocenters. The van der Waals surface area contributed by atoms with Crippen molar-refractivity contribution in [1.82, 2.24) is 4.90 Å². The maximum Gasteiger partial charge on any atom is 0.269 e. The van der Waals surface area contributed by atoms with E-state index in [0.717, 1.165) is 28.3 Å². The Kier molecular flexibility index (Phi) is 10.9. The van der Waals surface area contributed by atoms with Gasteiger partial charge in [0.1, 0.15) is 5.75 Å². The monoisotopic (exact) mass is 824 g/mol. The summed E-state index contributed by atoms with van der Waals surface area (Å²) in [6.07, 6.45) is 0.456. The van der Waals surface area contributed by atoms with Gasteiger partial charge in [-0.25, -0.2) is 0 Å². The summed E-state index contributed by atoms with van der Waals surface area (Å²) in [6, 6.07) is 36.5. The zero-order valence-corrected chi connectivity index (χ0v) is 35.1. The van der Waals surface area contributed by atoms with Crippen LogP contribution in [0.2, 0.25) is 18.6 Å². The first-order valence-electron chi connectivity index (χ1n) is 20.2. The fraction of sp³-hybridized carbons (Fsp3) is 0.298. The van der Waals surface area contributed by atoms with Crippen molar-refractivity contribution in [3.8, 4) is 5.75 Å². The second kappa shape index (κ2) is 16.1. The molecule has 0 saturated carbocycles. The van der Waals surface area contributed by atoms with Crippen molar-refractivity contribution in [2.45, 2.75) is 69.2 Å². The number of amides is 3. The number of rotatable bonds is 12. The van der Waals surface area contributed by atoms with Gasteiger partial charge < -0.3 is 24.4 Å². The number of nitro benzene ring substituents is 1. The molecule has 5 aromatic carbocycles. The number of methoxy groups -OCH3 is 1. The van der Waals surface area contributed by atoms with Crippen LogP contribution in [-0.2, 0) is 44.2 Å². The molecule has 13 heteroatoms. The molecule has 3 heterocycles. The molecule has 1 spiro atoms. The smallest absolute Gasteiger partial charge is 0.269 e. The third-order valence-corrected chi connectivity index (χ3v) is 17.3. The van der Waals surface area contributed by atoms with E-state index in [9.17, 15) is 24.8 Å². The highest BCUT2D eigenvalue weighted by atomic mass is 28.3. The summed E-state index contributed by atoms with van der Waals surface area (Å²) in [5.74, 6) is -0.387. The van der Waals surface area contributed by atoms with E-state index in [1.807, 2.05) is 110 Å². The second-order valence-electron chi connectivity index (χ2n) is 16.5. The fourth-order valence-electron chi connectivity index (χ4n) is 9.95. The Morgan fingerprint density at radius 2 is 1.67 bits per heavy atom. The van der Waals surface area contributed by atoms with Crippen LogP contribution in [0.25, 0.3) is 0 Å². The van der Waals surface area contributed by atoms with Gasteiger partial charge >= 0.3 is 0 Å². The summed E-state index contributed by atoms with van der Waals surface area (Å²) in [5.41, 5.74) is 2.86. The van der Waals surface area contributed by atoms with E-state index in [1.165, 1.54) is 17.0 Å². The minimum absolute atomic E-state index is 0.0530. The highest BCUT2D eigenvalue weighted by Gasteiger charge is 2.67. The number of hydrogen-bond acceptors (Lipinski definition) is 8. The van der Waals surface area contributed by atoms with E-state index in [4.69, 9.17) is 9.47 Å². The van der Waals surface area contributed by atoms with Crippen LogP contribution < -0.4 is 19.7 Å². The highest BCUT2D eigenvalue weighted by Crippen LogP contribution is 2.60. The molecule has 0 bridgehead atoms. The van der Waals surface area contributed by atoms with Gasteiger partial charge in [-0.1, -0.05) is 91.9 Å². The first-order valence-corrected chi connectivity index (χ1v) is 23.3. The van der Waals surface area contributed by atoms with Gasteiger partial charge in [0.25, 0.3) is 11.6 Å². The van der Waals surface area contributed by atoms with Crippen LogP contribution in [0.5, 0.6) is 5.75 Å². The van der Waals surface area contributed by atoms with Crippen molar-refractivity contribution in [2.75, 3.05) is 23.5 Å². The molecule has 1 N–H and O–H groups in total. The standard InChI is InChI=1S/C47H48N4O8Si/c1-31-45(60(3,4)40-20-18-39(58-2)19-21-40)43(26-44(54)48-28-34-13-9-8-12-33(34)24-38(48)29-52)59-47(31)41-25-37(51(56)57)17-22-42(41)49(46(47)55)27-32-11-10-16-36(23-32)50(30-53)35-14-6-5-7-15-35/h5-23,25,30-31,38,43,45,52H,24,26-29H2,1-4H3/t31-,38+,43+,45-,47+/m1/s1. The topological polar surface area (TPSA) is 143 Å². The average Bonchev–Trinajstić information content (AvgIpc) is 3.69. The molecule has 0 aromatic heterocycles. The number of ether oxygens (including phenoxy) is 2. The number of nitrogens with zero attached hydrogens (tertiary/aromatic N) is 4. The number of anilines is 3. The summed E-state index contributed by atoms with van der Waals surface area (Å²) >= 11 is 0. The van der Waals surface area contributed by atoms with Crippen molar-refractivity contribution >= 4 is 54.2 Å². The lowest BCUT2D eigenvalue weighted by Crippen LogP contribution is -2.52. The molecule has 0 aliphatic carbocycles. The maximum absolute atomic E-state index is 15.5. The summed E-state index contributed by atoms with van der Waals surface area (Å²) in [5, 5.41) is 23.9. The molecule has 3 aliphatic rings. The van der Waals surface area contributed by atoms with Crippen molar-refractivity contribution in [3.63, 3.8) is 0 Å². The number of fused-ring (bicyclic) bond motifs is 3. The Bertz CT molecular complexity index is 2450. The maximum atomic E-state index is 15.5. The van der Waals surface area contributed by atoms with Gasteiger partial charge in [-0.3, -0.25) is 29.4 Å². The number of hydrogen-bond donors (Lipinski definition) is 1. The van der Waals surface area contributed by atoms with Crippen LogP contribution in [0.4, 0.5) is 22.7 Å². The molecule has 8 rings (SSSR count). The zero-order valence-electron chi connectivity index (χ0n) is 34.1. The summed E-state index contributed by atoms with van der Waals surface area (Å²) in [4.78, 5) is 59.2. The Hall–Kier alpha value is -6.15. The third kappa shape index (κ3) is 6.95. The minimum Gasteiger partial charge on any atom is -0.497 e. The van der Waals surface area contributed by atoms with Crippen LogP contribution in [0.3, 0.4) is 0 Å². The zero-order chi connectivity index (χ0) is 42.3. The van der Waals surface area contributed by atoms with Gasteiger partial charge in [-0.15, -0.1) is 0 Å². The number of aliphatic hydroxyl groups excluding tert-OH is 1. The molecular formula is C47H48N4O8Si. The van der Waals surface area contributed by atoms with Crippen LogP contribution in [0, 0.1) is 16.0 Å². The number of aliphatic hydroxyl groups is 1. The lowest BCUT2D eigenvalue weighted by Gasteiger charge is -2.39. The molecule has 5 aromatic rings. The van der Waals surface area contributed by atoms with E-state index < -0.39 is 36.7 Å². The summed E-state index contributed by atoms with van der Waals surface area (Å²) < 4.78 is 12.7. The lowest BCUT2D eigenvalue weighted by atomic mass is 9.82. The molecule has 3 aliphatic heterocycles. The van der Waals surface area contributed by atoms with Gasteiger partial charge in [0.05, 0.1) is 57.5 Å². The Morgan fingerprint density at radius 1 is 0.967 bits per heavy atom. The molecule has 60 heavy (non-hydrogen) atoms. The fourth-order valence-corrected chi connectivity index (χ4v) is 14.0. The summed E-state index contributed by atoms with van der Waals surface area (Å²) in [7, 11) is -1.07. The van der Waals surface area contributed by atoms with Crippen molar-refractivity contribution < 1.29 is 33.9 Å². The van der Waals surface area contributed by atoms with Crippen molar-refractivity contribution in [3.05, 3.63) is 154 Å². The second-order valence-corrected chi connectivity index (χ2v) is 21.2. The number of non-ortho nitro benzene ring substituents is 1. The number of para-hydroxylation sites is 1. The van der Waals surface area contributed by atoms with Crippen LogP contribution >= 0.6 is 0 Å². The van der Waals surface area contributed by atoms with E-state index in [-0.39, 0.29) is 42.6 Å². The van der Waals surface area contributed by atoms with Crippen LogP contribution in [0.15, 0.2) is 121 Å². The number of carbonyl (C=O) groups is 3. The quantitative estimate of drug-likeness (QED) is 0.0614. The predicted molar refractivity (Wildman–Crippen MR) is 231 cm³/mol. The molecule has 0 unspecified atom stereocenters. The molecule has 12 nitrogen and oxygen atoms in total. The van der Waals surface area contributed by atoms with Crippen LogP contribution in [-0.4, -0.2) is 67.1 Å². The molecule has 1 saturated heterocycles. The van der Waals surface area contributed by atoms with Gasteiger partial charge in [-0.05, 0) is 71.1 Å². The lowest BCUT2D eigenvalue weighted by molar-refractivity contribution is -0.385. The van der Waals surface area contributed by atoms with E-state index in [0.29, 0.717) is 41.3 Å². The van der Waals surface area contributed by atoms with E-state index in [2.05, 4.69) is 13.1 Å². The Morgan fingerprint density at radius 3 is 2.35 bits per heavy atom. The van der Waals surface area contributed by atoms with Gasteiger partial charge in [0.15, 0.2) is 5.60 Å². The number of carbonyl (C=O) groups excluding carboxylic acids is 3. The normalized spacial score (nSPS) is 22.1. The number of benzene rings is 5. The van der Waals surface area contributed by atoms with Gasteiger partial charge in [-0.2, -0.15) is 0 Å². The largest absolute Gasteiger partial charge is 0.497 e. The minimum atomic E-state index is -2.68. The molecule has 0 radical (unpaired) electrons. The van der Waals surface area contributed by atoms with Crippen molar-refractivity contribution in [2.24, 2.45) is 5.92 Å². The van der Waals surface area contributed by atoms with E-state index in [1.54, 1.807) is 23.0 Å². The first kappa shape index (κ1) is 40.6. The average molecular weight is 825 g/mol. The molecule has 3 amide bonds. The van der Waals surface area contributed by atoms with Crippen LogP contribution in [0.1, 0.15) is 35.6 Å². The molecular weight excluding hydrogens is 777 g/mol. The first-order chi connectivity index (χ1) is 28.9. The van der Waals surface area contributed by atoms with Crippen molar-refractivity contribution in [1.29, 1.82) is 0 Å². The Labute approximate surface area is 350 Å². The highest BCUT2D eigenvalue weighted by molar-refractivity contribution is 6.91. The SMILES string of the molecule is COc1ccc([Si](C)(C)[C@H]2[C@H](CC(=O)N3Cc4ccccc4C[C@H]3CO)O[C@@]3(C(=O)N(Cc4cccc(N(C=O)c5ccccc5)c4)c4ccc([N+](=O)[O-])cc43)[C@@H]2C)cc1. The predicted octanol–water partition coefficient (Wildman–Crippen LogP) is 7.00. The Balaban J connectivity index is 1.21. The van der Waals surface area contributed by atoms with Gasteiger partial charge in [0, 0.05) is 41.5 Å². The third-order valence-electron chi connectivity index (χ3n) is 13.0. The number of nitro groups is 1. The van der Waals surface area contributed by atoms with Gasteiger partial charge in [0.2, 0.25) is 12.3 Å². The summed E-state index contributed by atoms with van der Waals surface area (Å²) in [6.45, 7) is 6.63. The molecule has 1 fully saturated rings. The van der Waals surface area contributed by atoms with E-state index >= 15 is 4.79 Å². The molecule has 308 valence electrons.